The minimum absolute atomic E-state index is 0.945. The molecule has 0 bridgehead atoms. The van der Waals surface area contributed by atoms with Gasteiger partial charge in [-0.25, -0.2) is 0 Å². The first-order valence-electron chi connectivity index (χ1n) is 1.65. The van der Waals surface area contributed by atoms with Crippen LogP contribution in [0.1, 0.15) is 0 Å². The molecule has 0 saturated heterocycles. The number of halogens is 1. The number of rotatable bonds is 0. The summed E-state index contributed by atoms with van der Waals surface area (Å²) in [7, 11) is 5.76. The summed E-state index contributed by atoms with van der Waals surface area (Å²) in [4.78, 5) is 0. The molecular weight excluding hydrogens is 481 g/mol. The monoisotopic (exact) mass is 485 g/mol. The van der Waals surface area contributed by atoms with Crippen LogP contribution in [0.2, 0.25) is 0 Å². The molecule has 0 spiro atoms. The molecule has 0 aromatic carbocycles. The van der Waals surface area contributed by atoms with Gasteiger partial charge in [-0.05, 0) is 0 Å². The maximum atomic E-state index is 5.76. The fourth-order valence-electron chi connectivity index (χ4n) is 0.245. The average Bonchev–Trinajstić information content (AvgIpc) is 1.91. The number of hydrogen-bond donors (Lipinski definition) is 0. The van der Waals surface area contributed by atoms with Crippen molar-refractivity contribution in [3.63, 3.8) is 0 Å². The first-order valence-corrected chi connectivity index (χ1v) is 7.24. The second-order valence-corrected chi connectivity index (χ2v) is 8.51. The fraction of sp³-hybridized carbons (Fsp3) is 1.00. The molecule has 0 N–H and O–H groups in total. The van der Waals surface area contributed by atoms with E-state index in [-0.39, 0.29) is 0 Å². The number of hydrogen-bond acceptors (Lipinski definition) is 2. The summed E-state index contributed by atoms with van der Waals surface area (Å²) in [5.41, 5.74) is 0. The SMILES string of the molecule is [Cl][Au]1=[N]CC[N]1[Au]. The summed E-state index contributed by atoms with van der Waals surface area (Å²) in [5, 5.41) is 0. The van der Waals surface area contributed by atoms with Gasteiger partial charge in [-0.3, -0.25) is 0 Å². The summed E-state index contributed by atoms with van der Waals surface area (Å²) in [6.07, 6.45) is 0. The van der Waals surface area contributed by atoms with Gasteiger partial charge in [0.05, 0.1) is 0 Å². The molecule has 1 aliphatic heterocycles. The van der Waals surface area contributed by atoms with Crippen molar-refractivity contribution < 1.29 is 38.8 Å². The Labute approximate surface area is 65.6 Å². The molecule has 0 fully saturated rings. The first-order chi connectivity index (χ1) is 3.30. The van der Waals surface area contributed by atoms with Crippen molar-refractivity contribution in [3.8, 4) is 0 Å². The summed E-state index contributed by atoms with van der Waals surface area (Å²) in [5.74, 6) is 0. The molecule has 0 unspecified atom stereocenters. The van der Waals surface area contributed by atoms with Crippen LogP contribution in [-0.4, -0.2) is 14.8 Å². The molecule has 0 aliphatic carbocycles. The molecule has 1 heterocycles. The third-order valence-corrected chi connectivity index (χ3v) is 8.53. The van der Waals surface area contributed by atoms with Gasteiger partial charge in [0.1, 0.15) is 0 Å². The Bertz CT molecular complexity index is 104. The molecule has 0 radical (unpaired) electrons. The molecule has 0 saturated carbocycles. The predicted octanol–water partition coefficient (Wildman–Crippen LogP) is 0.634. The van der Waals surface area contributed by atoms with Crippen molar-refractivity contribution >= 4 is 9.19 Å². The van der Waals surface area contributed by atoms with Crippen LogP contribution < -0.4 is 0 Å². The van der Waals surface area contributed by atoms with Gasteiger partial charge in [0, 0.05) is 0 Å². The van der Waals surface area contributed by atoms with E-state index in [1.54, 1.807) is 0 Å². The van der Waals surface area contributed by atoms with E-state index in [1.807, 2.05) is 0 Å². The summed E-state index contributed by atoms with van der Waals surface area (Å²) in [6.45, 7) is 1.99. The Balaban J connectivity index is 2.54. The maximum absolute atomic E-state index is 5.76. The van der Waals surface area contributed by atoms with Gasteiger partial charge in [-0.1, -0.05) is 0 Å². The van der Waals surface area contributed by atoms with E-state index in [4.69, 9.17) is 9.19 Å². The molecule has 0 aromatic heterocycles. The predicted molar refractivity (Wildman–Crippen MR) is 19.9 cm³/mol. The van der Waals surface area contributed by atoms with Gasteiger partial charge in [0.25, 0.3) is 0 Å². The third kappa shape index (κ3) is 1.73. The van der Waals surface area contributed by atoms with Crippen LogP contribution in [0.25, 0.3) is 0 Å². The molecule has 0 aromatic rings. The van der Waals surface area contributed by atoms with Gasteiger partial charge in [0.15, 0.2) is 0 Å². The van der Waals surface area contributed by atoms with E-state index < -0.39 is 17.4 Å². The normalized spacial score (nSPS) is 28.1. The molecule has 7 heavy (non-hydrogen) atoms. The van der Waals surface area contributed by atoms with Crippen LogP contribution in [0, 0.1) is 0 Å². The van der Waals surface area contributed by atoms with Crippen LogP contribution in [-0.2, 0) is 38.8 Å². The Morgan fingerprint density at radius 1 is 1.86 bits per heavy atom. The van der Waals surface area contributed by atoms with Crippen molar-refractivity contribution in [2.75, 3.05) is 13.1 Å². The van der Waals surface area contributed by atoms with E-state index in [0.29, 0.717) is 0 Å². The molecular formula is C2H4Au2ClN2. The quantitative estimate of drug-likeness (QED) is 0.460. The molecule has 0 atom stereocenters. The Morgan fingerprint density at radius 2 is 2.57 bits per heavy atom. The Kier molecular flexibility index (Phi) is 2.75. The summed E-state index contributed by atoms with van der Waals surface area (Å²) in [6, 6.07) is 0. The van der Waals surface area contributed by atoms with Gasteiger partial charge in [-0.15, -0.1) is 0 Å². The fourth-order valence-corrected chi connectivity index (χ4v) is 3.59. The van der Waals surface area contributed by atoms with Crippen molar-refractivity contribution in [1.29, 1.82) is 0 Å². The third-order valence-electron chi connectivity index (χ3n) is 0.493. The van der Waals surface area contributed by atoms with E-state index >= 15 is 0 Å². The van der Waals surface area contributed by atoms with E-state index in [2.05, 4.69) is 26.4 Å². The van der Waals surface area contributed by atoms with Crippen LogP contribution in [0.5, 0.6) is 0 Å². The van der Waals surface area contributed by atoms with Crippen molar-refractivity contribution in [2.45, 2.75) is 0 Å². The molecule has 1 rings (SSSR count). The standard InChI is InChI=1S/C2H4N2.2Au.ClH/c3-1-2-4;;;/h1-2H2;;;1H/q;;+1;/p-1. The van der Waals surface area contributed by atoms with Gasteiger partial charge in [-0.2, -0.15) is 0 Å². The van der Waals surface area contributed by atoms with Gasteiger partial charge >= 0.3 is 66.1 Å². The van der Waals surface area contributed by atoms with Gasteiger partial charge < -0.3 is 0 Å². The topological polar surface area (TPSA) is 15.6 Å². The summed E-state index contributed by atoms with van der Waals surface area (Å²) < 4.78 is 6.24. The van der Waals surface area contributed by atoms with E-state index in [0.717, 1.165) is 13.1 Å². The first kappa shape index (κ1) is 6.65. The molecule has 51 valence electrons. The van der Waals surface area contributed by atoms with Crippen molar-refractivity contribution in [2.24, 2.45) is 3.34 Å². The molecule has 5 heteroatoms. The van der Waals surface area contributed by atoms with Crippen LogP contribution in [0.3, 0.4) is 0 Å². The Hall–Kier alpha value is 1.53. The van der Waals surface area contributed by atoms with Crippen molar-refractivity contribution in [3.05, 3.63) is 0 Å². The van der Waals surface area contributed by atoms with Gasteiger partial charge in [0.2, 0.25) is 0 Å². The molecule has 0 amide bonds. The Morgan fingerprint density at radius 3 is 2.71 bits per heavy atom. The zero-order chi connectivity index (χ0) is 5.28. The average molecular weight is 485 g/mol. The van der Waals surface area contributed by atoms with Crippen LogP contribution >= 0.6 is 9.19 Å². The van der Waals surface area contributed by atoms with Crippen molar-refractivity contribution in [1.82, 2.24) is 1.71 Å². The number of nitrogens with zero attached hydrogens (tertiary/aromatic N) is 2. The zero-order valence-corrected chi connectivity index (χ0v) is 8.38. The molecule has 1 aliphatic rings. The molecule has 2 nitrogen and oxygen atoms in total. The van der Waals surface area contributed by atoms with E-state index in [1.165, 1.54) is 0 Å². The summed E-state index contributed by atoms with van der Waals surface area (Å²) >= 11 is 1.09. The minimum atomic E-state index is -1.31. The van der Waals surface area contributed by atoms with E-state index in [9.17, 15) is 0 Å². The van der Waals surface area contributed by atoms with Crippen LogP contribution in [0.15, 0.2) is 3.34 Å². The zero-order valence-electron chi connectivity index (χ0n) is 3.29. The van der Waals surface area contributed by atoms with Crippen LogP contribution in [0.4, 0.5) is 0 Å². The second-order valence-electron chi connectivity index (χ2n) is 0.936. The second kappa shape index (κ2) is 2.90.